The summed E-state index contributed by atoms with van der Waals surface area (Å²) in [5.41, 5.74) is 1.42. The normalized spacial score (nSPS) is 23.7. The number of fused-ring (bicyclic) bond motifs is 1. The van der Waals surface area contributed by atoms with Gasteiger partial charge in [-0.05, 0) is 45.5 Å². The summed E-state index contributed by atoms with van der Waals surface area (Å²) < 4.78 is 16.2. The molecule has 2 aromatic rings. The van der Waals surface area contributed by atoms with Crippen molar-refractivity contribution in [2.75, 3.05) is 46.3 Å². The summed E-state index contributed by atoms with van der Waals surface area (Å²) in [6.07, 6.45) is 2.64. The van der Waals surface area contributed by atoms with Crippen LogP contribution < -0.4 is 0 Å². The van der Waals surface area contributed by atoms with E-state index >= 15 is 0 Å². The summed E-state index contributed by atoms with van der Waals surface area (Å²) in [6, 6.07) is 5.95. The van der Waals surface area contributed by atoms with Crippen molar-refractivity contribution in [1.29, 1.82) is 0 Å². The Morgan fingerprint density at radius 3 is 2.69 bits per heavy atom. The van der Waals surface area contributed by atoms with E-state index in [1.807, 2.05) is 6.07 Å². The third-order valence-electron chi connectivity index (χ3n) is 6.01. The number of piperidine rings is 1. The minimum atomic E-state index is -0.220. The van der Waals surface area contributed by atoms with Crippen molar-refractivity contribution >= 4 is 11.0 Å². The van der Waals surface area contributed by atoms with Crippen LogP contribution in [-0.4, -0.2) is 76.6 Å². The number of para-hydroxylation sites is 1. The maximum absolute atomic E-state index is 14.1. The average Bonchev–Trinajstić information content (AvgIpc) is 3.01. The molecule has 0 aliphatic carbocycles. The van der Waals surface area contributed by atoms with Crippen LogP contribution in [0.3, 0.4) is 0 Å². The third kappa shape index (κ3) is 3.50. The molecule has 1 atom stereocenters. The SMILES string of the molecule is CCn1c(CN2CCN(C3CCCN(C)C3)CC2)nc2c(F)cccc21. The van der Waals surface area contributed by atoms with Crippen molar-refractivity contribution < 1.29 is 4.39 Å². The maximum Gasteiger partial charge on any atom is 0.151 e. The summed E-state index contributed by atoms with van der Waals surface area (Å²) in [6.45, 7) is 10.5. The van der Waals surface area contributed by atoms with Crippen molar-refractivity contribution in [3.05, 3.63) is 29.8 Å². The molecule has 4 rings (SSSR count). The lowest BCUT2D eigenvalue weighted by Gasteiger charge is -2.42. The van der Waals surface area contributed by atoms with Gasteiger partial charge < -0.3 is 9.47 Å². The van der Waals surface area contributed by atoms with Crippen LogP contribution in [0.4, 0.5) is 4.39 Å². The second-order valence-electron chi connectivity index (χ2n) is 7.75. The average molecular weight is 359 g/mol. The Bertz CT molecular complexity index is 750. The van der Waals surface area contributed by atoms with Crippen LogP contribution in [0, 0.1) is 5.82 Å². The van der Waals surface area contributed by atoms with Gasteiger partial charge in [-0.2, -0.15) is 0 Å². The van der Waals surface area contributed by atoms with Gasteiger partial charge in [0.2, 0.25) is 0 Å². The molecule has 2 aliphatic heterocycles. The first-order valence-corrected chi connectivity index (χ1v) is 9.94. The Kier molecular flexibility index (Phi) is 5.25. The summed E-state index contributed by atoms with van der Waals surface area (Å²) >= 11 is 0. The molecule has 0 amide bonds. The minimum Gasteiger partial charge on any atom is -0.327 e. The van der Waals surface area contributed by atoms with Gasteiger partial charge in [-0.1, -0.05) is 6.07 Å². The molecule has 2 fully saturated rings. The Morgan fingerprint density at radius 2 is 1.96 bits per heavy atom. The number of nitrogens with zero attached hydrogens (tertiary/aromatic N) is 5. The fourth-order valence-electron chi connectivity index (χ4n) is 4.56. The molecule has 0 radical (unpaired) electrons. The molecule has 5 nitrogen and oxygen atoms in total. The van der Waals surface area contributed by atoms with Gasteiger partial charge in [0.25, 0.3) is 0 Å². The topological polar surface area (TPSA) is 27.5 Å². The molecule has 0 bridgehead atoms. The predicted octanol–water partition coefficient (Wildman–Crippen LogP) is 2.41. The molecule has 0 saturated carbocycles. The largest absolute Gasteiger partial charge is 0.327 e. The number of hydrogen-bond acceptors (Lipinski definition) is 4. The van der Waals surface area contributed by atoms with Crippen LogP contribution >= 0.6 is 0 Å². The fourth-order valence-corrected chi connectivity index (χ4v) is 4.56. The number of aryl methyl sites for hydroxylation is 1. The van der Waals surface area contributed by atoms with E-state index in [1.165, 1.54) is 32.0 Å². The molecule has 6 heteroatoms. The highest BCUT2D eigenvalue weighted by atomic mass is 19.1. The van der Waals surface area contributed by atoms with Crippen LogP contribution in [0.2, 0.25) is 0 Å². The van der Waals surface area contributed by atoms with E-state index in [0.29, 0.717) is 11.6 Å². The van der Waals surface area contributed by atoms with Crippen molar-refractivity contribution in [2.24, 2.45) is 0 Å². The van der Waals surface area contributed by atoms with Crippen LogP contribution in [0.25, 0.3) is 11.0 Å². The van der Waals surface area contributed by atoms with Crippen LogP contribution in [0.15, 0.2) is 18.2 Å². The van der Waals surface area contributed by atoms with Gasteiger partial charge in [0.05, 0.1) is 12.1 Å². The Hall–Kier alpha value is -1.50. The molecule has 0 N–H and O–H groups in total. The van der Waals surface area contributed by atoms with Gasteiger partial charge in [0.15, 0.2) is 5.82 Å². The molecule has 1 unspecified atom stereocenters. The van der Waals surface area contributed by atoms with Crippen molar-refractivity contribution in [2.45, 2.75) is 38.9 Å². The van der Waals surface area contributed by atoms with Crippen LogP contribution in [0.1, 0.15) is 25.6 Å². The van der Waals surface area contributed by atoms with E-state index in [9.17, 15) is 4.39 Å². The smallest absolute Gasteiger partial charge is 0.151 e. The highest BCUT2D eigenvalue weighted by molar-refractivity contribution is 5.76. The second-order valence-corrected chi connectivity index (χ2v) is 7.75. The van der Waals surface area contributed by atoms with Crippen molar-refractivity contribution in [1.82, 2.24) is 24.3 Å². The maximum atomic E-state index is 14.1. The van der Waals surface area contributed by atoms with Gasteiger partial charge in [-0.3, -0.25) is 9.80 Å². The summed E-state index contributed by atoms with van der Waals surface area (Å²) in [7, 11) is 2.23. The number of rotatable bonds is 4. The second kappa shape index (κ2) is 7.62. The number of likely N-dealkylation sites (tertiary alicyclic amines) is 1. The fraction of sp³-hybridized carbons (Fsp3) is 0.650. The van der Waals surface area contributed by atoms with E-state index in [2.05, 4.69) is 38.2 Å². The third-order valence-corrected chi connectivity index (χ3v) is 6.01. The monoisotopic (exact) mass is 359 g/mol. The first-order chi connectivity index (χ1) is 12.7. The van der Waals surface area contributed by atoms with Crippen molar-refractivity contribution in [3.8, 4) is 0 Å². The summed E-state index contributed by atoms with van der Waals surface area (Å²) in [5, 5.41) is 0. The van der Waals surface area contributed by atoms with E-state index in [4.69, 9.17) is 0 Å². The summed E-state index contributed by atoms with van der Waals surface area (Å²) in [4.78, 5) is 12.2. The number of aromatic nitrogens is 2. The zero-order valence-corrected chi connectivity index (χ0v) is 16.0. The van der Waals surface area contributed by atoms with Crippen LogP contribution in [-0.2, 0) is 13.1 Å². The highest BCUT2D eigenvalue weighted by Crippen LogP contribution is 2.21. The first-order valence-electron chi connectivity index (χ1n) is 9.94. The lowest BCUT2D eigenvalue weighted by molar-refractivity contribution is 0.0556. The van der Waals surface area contributed by atoms with E-state index in [1.54, 1.807) is 6.07 Å². The molecule has 142 valence electrons. The quantitative estimate of drug-likeness (QED) is 0.838. The Balaban J connectivity index is 1.41. The first kappa shape index (κ1) is 17.9. The standard InChI is InChI=1S/C20H30FN5/c1-3-26-18-8-4-7-17(21)20(18)22-19(26)15-24-10-12-25(13-11-24)16-6-5-9-23(2)14-16/h4,7-8,16H,3,5-6,9-15H2,1-2H3. The molecule has 3 heterocycles. The number of halogens is 1. The molecule has 26 heavy (non-hydrogen) atoms. The number of benzene rings is 1. The van der Waals surface area contributed by atoms with E-state index < -0.39 is 0 Å². The van der Waals surface area contributed by atoms with E-state index in [0.717, 1.165) is 50.6 Å². The Morgan fingerprint density at radius 1 is 1.15 bits per heavy atom. The molecular weight excluding hydrogens is 329 g/mol. The number of hydrogen-bond donors (Lipinski definition) is 0. The van der Waals surface area contributed by atoms with Crippen molar-refractivity contribution in [3.63, 3.8) is 0 Å². The molecule has 2 aliphatic rings. The number of likely N-dealkylation sites (N-methyl/N-ethyl adjacent to an activating group) is 1. The zero-order valence-electron chi connectivity index (χ0n) is 16.0. The van der Waals surface area contributed by atoms with Crippen LogP contribution in [0.5, 0.6) is 0 Å². The molecule has 0 spiro atoms. The predicted molar refractivity (Wildman–Crippen MR) is 103 cm³/mol. The minimum absolute atomic E-state index is 0.220. The van der Waals surface area contributed by atoms with Gasteiger partial charge >= 0.3 is 0 Å². The Labute approximate surface area is 155 Å². The van der Waals surface area contributed by atoms with Gasteiger partial charge in [0, 0.05) is 45.3 Å². The number of piperazine rings is 1. The van der Waals surface area contributed by atoms with E-state index in [-0.39, 0.29) is 5.82 Å². The zero-order chi connectivity index (χ0) is 18.1. The lowest BCUT2D eigenvalue weighted by atomic mass is 10.0. The highest BCUT2D eigenvalue weighted by Gasteiger charge is 2.27. The molecular formula is C20H30FN5. The van der Waals surface area contributed by atoms with Gasteiger partial charge in [0.1, 0.15) is 11.3 Å². The summed E-state index contributed by atoms with van der Waals surface area (Å²) in [5.74, 6) is 0.764. The number of imidazole rings is 1. The lowest BCUT2D eigenvalue weighted by Crippen LogP contribution is -2.54. The molecule has 1 aromatic heterocycles. The van der Waals surface area contributed by atoms with Gasteiger partial charge in [-0.15, -0.1) is 0 Å². The molecule has 1 aromatic carbocycles. The van der Waals surface area contributed by atoms with Gasteiger partial charge in [-0.25, -0.2) is 9.37 Å². The molecule has 2 saturated heterocycles.